The molecular weight excluding hydrogens is 554 g/mol. The van der Waals surface area contributed by atoms with E-state index in [2.05, 4.69) is 36.3 Å². The predicted molar refractivity (Wildman–Crippen MR) is 153 cm³/mol. The SMILES string of the molecule is Clc1ccc(COc2ccc(Br)cc2C=NNc2nc(N3CCCCC3)nc(N3CCCCC3)n2)cc1. The lowest BCUT2D eigenvalue weighted by atomic mass is 10.1. The molecule has 0 aliphatic carbocycles. The van der Waals surface area contributed by atoms with E-state index in [4.69, 9.17) is 31.3 Å². The van der Waals surface area contributed by atoms with E-state index in [-0.39, 0.29) is 0 Å². The van der Waals surface area contributed by atoms with Crippen LogP contribution in [0.3, 0.4) is 0 Å². The predicted octanol–water partition coefficient (Wildman–Crippen LogP) is 6.29. The fourth-order valence-corrected chi connectivity index (χ4v) is 5.03. The van der Waals surface area contributed by atoms with Crippen LogP contribution in [0, 0.1) is 0 Å². The summed E-state index contributed by atoms with van der Waals surface area (Å²) in [6.45, 7) is 4.31. The van der Waals surface area contributed by atoms with Gasteiger partial charge in [-0.05, 0) is 74.4 Å². The monoisotopic (exact) mass is 583 g/mol. The van der Waals surface area contributed by atoms with Gasteiger partial charge in [-0.1, -0.05) is 39.7 Å². The lowest BCUT2D eigenvalue weighted by Gasteiger charge is -2.30. The number of hydrogen-bond acceptors (Lipinski definition) is 8. The van der Waals surface area contributed by atoms with E-state index in [1.807, 2.05) is 42.5 Å². The van der Waals surface area contributed by atoms with E-state index in [9.17, 15) is 0 Å². The Hall–Kier alpha value is -2.91. The number of nitrogens with one attached hydrogen (secondary N) is 1. The highest BCUT2D eigenvalue weighted by Crippen LogP contribution is 2.25. The van der Waals surface area contributed by atoms with E-state index in [1.54, 1.807) is 6.21 Å². The van der Waals surface area contributed by atoms with Gasteiger partial charge in [-0.15, -0.1) is 0 Å². The molecule has 10 heteroatoms. The highest BCUT2D eigenvalue weighted by molar-refractivity contribution is 9.10. The van der Waals surface area contributed by atoms with Gasteiger partial charge in [0.2, 0.25) is 17.8 Å². The van der Waals surface area contributed by atoms with Gasteiger partial charge in [0.05, 0.1) is 6.21 Å². The van der Waals surface area contributed by atoms with Crippen LogP contribution >= 0.6 is 27.5 Å². The number of aromatic nitrogens is 3. The van der Waals surface area contributed by atoms with Crippen molar-refractivity contribution in [3.63, 3.8) is 0 Å². The van der Waals surface area contributed by atoms with E-state index in [0.29, 0.717) is 17.6 Å². The molecule has 0 radical (unpaired) electrons. The molecule has 2 saturated heterocycles. The van der Waals surface area contributed by atoms with Gasteiger partial charge >= 0.3 is 0 Å². The van der Waals surface area contributed by atoms with Crippen molar-refractivity contribution in [2.75, 3.05) is 41.4 Å². The Morgan fingerprint density at radius 3 is 2.11 bits per heavy atom. The van der Waals surface area contributed by atoms with Crippen molar-refractivity contribution in [2.45, 2.75) is 45.1 Å². The number of nitrogens with zero attached hydrogens (tertiary/aromatic N) is 6. The summed E-state index contributed by atoms with van der Waals surface area (Å²) in [5, 5.41) is 5.17. The molecular formula is C27H31BrClN7O. The lowest BCUT2D eigenvalue weighted by Crippen LogP contribution is -2.34. The Labute approximate surface area is 231 Å². The smallest absolute Gasteiger partial charge is 0.250 e. The minimum atomic E-state index is 0.429. The van der Waals surface area contributed by atoms with E-state index >= 15 is 0 Å². The molecule has 8 nitrogen and oxygen atoms in total. The summed E-state index contributed by atoms with van der Waals surface area (Å²) in [5.74, 6) is 2.62. The third kappa shape index (κ3) is 7.11. The van der Waals surface area contributed by atoms with Crippen LogP contribution in [0.2, 0.25) is 5.02 Å². The molecule has 0 spiro atoms. The Morgan fingerprint density at radius 2 is 1.49 bits per heavy atom. The molecule has 2 aliphatic heterocycles. The van der Waals surface area contributed by atoms with E-state index < -0.39 is 0 Å². The van der Waals surface area contributed by atoms with Crippen molar-refractivity contribution in [3.05, 3.63) is 63.1 Å². The lowest BCUT2D eigenvalue weighted by molar-refractivity contribution is 0.306. The molecule has 5 rings (SSSR count). The molecule has 0 saturated carbocycles. The fraction of sp³-hybridized carbons (Fsp3) is 0.407. The first kappa shape index (κ1) is 25.7. The molecule has 3 heterocycles. The Kier molecular flexibility index (Phi) is 8.73. The number of anilines is 3. The molecule has 0 unspecified atom stereocenters. The number of ether oxygens (including phenoxy) is 1. The Morgan fingerprint density at radius 1 is 0.865 bits per heavy atom. The van der Waals surface area contributed by atoms with Gasteiger partial charge < -0.3 is 14.5 Å². The molecule has 1 N–H and O–H groups in total. The molecule has 2 aliphatic rings. The molecule has 0 atom stereocenters. The van der Waals surface area contributed by atoms with Crippen molar-refractivity contribution >= 4 is 51.6 Å². The number of hydrazone groups is 1. The maximum absolute atomic E-state index is 6.08. The van der Waals surface area contributed by atoms with E-state index in [1.165, 1.54) is 12.8 Å². The largest absolute Gasteiger partial charge is 0.488 e. The zero-order valence-corrected chi connectivity index (χ0v) is 23.1. The van der Waals surface area contributed by atoms with Gasteiger partial charge in [0, 0.05) is 41.2 Å². The molecule has 2 fully saturated rings. The van der Waals surface area contributed by atoms with Crippen molar-refractivity contribution < 1.29 is 4.74 Å². The van der Waals surface area contributed by atoms with Crippen LogP contribution in [0.1, 0.15) is 49.7 Å². The van der Waals surface area contributed by atoms with Crippen molar-refractivity contribution in [2.24, 2.45) is 5.10 Å². The third-order valence-electron chi connectivity index (χ3n) is 6.54. The summed E-state index contributed by atoms with van der Waals surface area (Å²) in [6.07, 6.45) is 8.88. The summed E-state index contributed by atoms with van der Waals surface area (Å²) in [5.41, 5.74) is 4.91. The summed E-state index contributed by atoms with van der Waals surface area (Å²) in [4.78, 5) is 18.8. The van der Waals surface area contributed by atoms with Crippen LogP contribution in [-0.4, -0.2) is 47.3 Å². The van der Waals surface area contributed by atoms with Crippen LogP contribution < -0.4 is 20.0 Å². The van der Waals surface area contributed by atoms with Crippen LogP contribution in [-0.2, 0) is 6.61 Å². The maximum atomic E-state index is 6.08. The van der Waals surface area contributed by atoms with Gasteiger partial charge in [0.25, 0.3) is 0 Å². The summed E-state index contributed by atoms with van der Waals surface area (Å²) in [7, 11) is 0. The quantitative estimate of drug-likeness (QED) is 0.246. The number of piperidine rings is 2. The van der Waals surface area contributed by atoms with Crippen LogP contribution in [0.25, 0.3) is 0 Å². The standard InChI is InChI=1S/C27H31BrClN7O/c28-22-9-12-24(37-19-20-7-10-23(29)11-8-20)21(17-22)18-30-34-25-31-26(35-13-3-1-4-14-35)33-27(32-25)36-15-5-2-6-16-36/h7-12,17-18H,1-6,13-16,19H2,(H,31,32,33,34). The number of benzene rings is 2. The first-order valence-electron chi connectivity index (χ1n) is 12.9. The van der Waals surface area contributed by atoms with Gasteiger partial charge in [0.1, 0.15) is 12.4 Å². The van der Waals surface area contributed by atoms with Gasteiger partial charge in [-0.3, -0.25) is 0 Å². The van der Waals surface area contributed by atoms with Gasteiger partial charge in [-0.25, -0.2) is 5.43 Å². The zero-order valence-electron chi connectivity index (χ0n) is 20.7. The molecule has 2 aromatic carbocycles. The van der Waals surface area contributed by atoms with Crippen LogP contribution in [0.5, 0.6) is 5.75 Å². The minimum absolute atomic E-state index is 0.429. The Bertz CT molecular complexity index is 1180. The summed E-state index contributed by atoms with van der Waals surface area (Å²) in [6, 6.07) is 13.5. The number of halogens is 2. The molecule has 1 aromatic heterocycles. The van der Waals surface area contributed by atoms with Gasteiger partial charge in [0.15, 0.2) is 0 Å². The second kappa shape index (κ2) is 12.6. The summed E-state index contributed by atoms with van der Waals surface area (Å²) >= 11 is 9.55. The van der Waals surface area contributed by atoms with Crippen molar-refractivity contribution in [1.82, 2.24) is 15.0 Å². The van der Waals surface area contributed by atoms with Crippen molar-refractivity contribution in [3.8, 4) is 5.75 Å². The second-order valence-electron chi connectivity index (χ2n) is 9.32. The molecule has 3 aromatic rings. The second-order valence-corrected chi connectivity index (χ2v) is 10.7. The summed E-state index contributed by atoms with van der Waals surface area (Å²) < 4.78 is 7.02. The first-order valence-corrected chi connectivity index (χ1v) is 14.0. The first-order chi connectivity index (χ1) is 18.1. The average Bonchev–Trinajstić information content (AvgIpc) is 2.94. The fourth-order valence-electron chi connectivity index (χ4n) is 4.53. The van der Waals surface area contributed by atoms with Gasteiger partial charge in [-0.2, -0.15) is 20.1 Å². The van der Waals surface area contributed by atoms with E-state index in [0.717, 1.165) is 85.1 Å². The highest BCUT2D eigenvalue weighted by atomic mass is 79.9. The molecule has 0 amide bonds. The number of hydrogen-bond donors (Lipinski definition) is 1. The molecule has 194 valence electrons. The number of rotatable bonds is 8. The minimum Gasteiger partial charge on any atom is -0.488 e. The van der Waals surface area contributed by atoms with Crippen LogP contribution in [0.4, 0.5) is 17.8 Å². The maximum Gasteiger partial charge on any atom is 0.250 e. The normalized spacial score (nSPS) is 16.3. The molecule has 37 heavy (non-hydrogen) atoms. The van der Waals surface area contributed by atoms with Crippen LogP contribution in [0.15, 0.2) is 52.0 Å². The van der Waals surface area contributed by atoms with Crippen molar-refractivity contribution in [1.29, 1.82) is 0 Å². The molecule has 0 bridgehead atoms. The Balaban J connectivity index is 1.33. The topological polar surface area (TPSA) is 78.8 Å². The average molecular weight is 585 g/mol. The highest BCUT2D eigenvalue weighted by Gasteiger charge is 2.20. The third-order valence-corrected chi connectivity index (χ3v) is 7.28. The zero-order chi connectivity index (χ0) is 25.5.